The summed E-state index contributed by atoms with van der Waals surface area (Å²) in [6.45, 7) is 0.193. The van der Waals surface area contributed by atoms with Crippen molar-refractivity contribution < 1.29 is 4.39 Å². The van der Waals surface area contributed by atoms with Gasteiger partial charge in [-0.2, -0.15) is 15.2 Å². The van der Waals surface area contributed by atoms with Crippen molar-refractivity contribution in [2.75, 3.05) is 23.3 Å². The van der Waals surface area contributed by atoms with Crippen molar-refractivity contribution in [2.45, 2.75) is 6.42 Å². The molecule has 4 aromatic rings. The average Bonchev–Trinajstić information content (AvgIpc) is 2.76. The minimum absolute atomic E-state index is 0.0466. The number of fused-ring (bicyclic) bond motifs is 1. The zero-order valence-corrected chi connectivity index (χ0v) is 18.0. The summed E-state index contributed by atoms with van der Waals surface area (Å²) in [7, 11) is 0. The number of benzene rings is 1. The number of rotatable bonds is 5. The highest BCUT2D eigenvalue weighted by Crippen LogP contribution is 2.24. The van der Waals surface area contributed by atoms with Crippen LogP contribution < -0.4 is 22.3 Å². The van der Waals surface area contributed by atoms with Gasteiger partial charge < -0.3 is 16.8 Å². The summed E-state index contributed by atoms with van der Waals surface area (Å²) < 4.78 is 16.3. The molecule has 0 bridgehead atoms. The molecule has 0 spiro atoms. The second-order valence-corrected chi connectivity index (χ2v) is 7.47. The van der Waals surface area contributed by atoms with Crippen molar-refractivity contribution >= 4 is 44.4 Å². The predicted octanol–water partition coefficient (Wildman–Crippen LogP) is 2.16. The zero-order valence-electron chi connectivity index (χ0n) is 16.4. The Morgan fingerprint density at radius 3 is 2.75 bits per heavy atom. The molecule has 0 unspecified atom stereocenters. The van der Waals surface area contributed by atoms with E-state index in [1.165, 1.54) is 22.9 Å². The molecule has 3 heterocycles. The molecule has 0 amide bonds. The first kappa shape index (κ1) is 21.1. The van der Waals surface area contributed by atoms with E-state index in [-0.39, 0.29) is 52.8 Å². The standard InChI is InChI=1S/C20H15BrFN9O/c21-12-3-4-13(22)16-15(12)19(32)31(10-2-1-6-26-9-10)14(28-16)5-7-27-18-11(8-23)17(24)29-20(25)30-18/h1-4,6,9H,5,7H2,(H5,24,25,27,29,30). The van der Waals surface area contributed by atoms with Gasteiger partial charge >= 0.3 is 0 Å². The summed E-state index contributed by atoms with van der Waals surface area (Å²) in [5.74, 6) is -0.315. The van der Waals surface area contributed by atoms with Crippen LogP contribution in [0.3, 0.4) is 0 Å². The molecule has 0 fully saturated rings. The zero-order chi connectivity index (χ0) is 22.8. The van der Waals surface area contributed by atoms with Crippen molar-refractivity contribution in [1.82, 2.24) is 24.5 Å². The molecular weight excluding hydrogens is 481 g/mol. The van der Waals surface area contributed by atoms with E-state index in [0.29, 0.717) is 10.2 Å². The van der Waals surface area contributed by atoms with Crippen LogP contribution >= 0.6 is 15.9 Å². The van der Waals surface area contributed by atoms with Gasteiger partial charge in [0.1, 0.15) is 34.6 Å². The largest absolute Gasteiger partial charge is 0.382 e. The second-order valence-electron chi connectivity index (χ2n) is 6.61. The molecule has 0 aliphatic rings. The van der Waals surface area contributed by atoms with Crippen LogP contribution in [0.15, 0.2) is 45.9 Å². The van der Waals surface area contributed by atoms with Crippen LogP contribution in [-0.2, 0) is 6.42 Å². The van der Waals surface area contributed by atoms with Crippen LogP contribution in [0.1, 0.15) is 11.4 Å². The highest BCUT2D eigenvalue weighted by molar-refractivity contribution is 9.10. The first-order valence-corrected chi connectivity index (χ1v) is 10.1. The van der Waals surface area contributed by atoms with Crippen molar-refractivity contribution in [3.8, 4) is 11.8 Å². The van der Waals surface area contributed by atoms with Gasteiger partial charge in [0.05, 0.1) is 17.3 Å². The molecule has 0 radical (unpaired) electrons. The minimum atomic E-state index is -0.615. The maximum atomic E-state index is 14.5. The van der Waals surface area contributed by atoms with E-state index in [1.807, 2.05) is 6.07 Å². The molecule has 4 rings (SSSR count). The van der Waals surface area contributed by atoms with Crippen molar-refractivity contribution in [1.29, 1.82) is 5.26 Å². The summed E-state index contributed by atoms with van der Waals surface area (Å²) in [5, 5.41) is 12.4. The van der Waals surface area contributed by atoms with Crippen LogP contribution in [0.25, 0.3) is 16.6 Å². The predicted molar refractivity (Wildman–Crippen MR) is 121 cm³/mol. The topological polar surface area (TPSA) is 161 Å². The van der Waals surface area contributed by atoms with Gasteiger partial charge in [0.15, 0.2) is 5.82 Å². The molecule has 3 aromatic heterocycles. The van der Waals surface area contributed by atoms with E-state index in [1.54, 1.807) is 18.3 Å². The van der Waals surface area contributed by atoms with Gasteiger partial charge in [-0.15, -0.1) is 0 Å². The van der Waals surface area contributed by atoms with E-state index in [4.69, 9.17) is 11.5 Å². The monoisotopic (exact) mass is 495 g/mol. The Labute approximate surface area is 188 Å². The van der Waals surface area contributed by atoms with E-state index in [9.17, 15) is 14.4 Å². The summed E-state index contributed by atoms with van der Waals surface area (Å²) in [6.07, 6.45) is 3.27. The number of anilines is 3. The Morgan fingerprint density at radius 2 is 2.03 bits per heavy atom. The third-order valence-electron chi connectivity index (χ3n) is 4.61. The van der Waals surface area contributed by atoms with Crippen LogP contribution in [0.5, 0.6) is 0 Å². The number of nitrogens with zero attached hydrogens (tertiary/aromatic N) is 6. The molecule has 5 N–H and O–H groups in total. The van der Waals surface area contributed by atoms with E-state index >= 15 is 0 Å². The minimum Gasteiger partial charge on any atom is -0.382 e. The average molecular weight is 496 g/mol. The number of aromatic nitrogens is 5. The fraction of sp³-hybridized carbons (Fsp3) is 0.100. The SMILES string of the molecule is N#Cc1c(N)nc(N)nc1NCCc1nc2c(F)ccc(Br)c2c(=O)n1-c1cccnc1. The number of hydrogen-bond acceptors (Lipinski definition) is 9. The van der Waals surface area contributed by atoms with Gasteiger partial charge in [-0.05, 0) is 40.2 Å². The summed E-state index contributed by atoms with van der Waals surface area (Å²) in [5.41, 5.74) is 11.4. The third kappa shape index (κ3) is 3.81. The molecule has 0 saturated heterocycles. The van der Waals surface area contributed by atoms with Gasteiger partial charge in [-0.25, -0.2) is 9.37 Å². The Kier molecular flexibility index (Phi) is 5.65. The maximum Gasteiger partial charge on any atom is 0.267 e. The van der Waals surface area contributed by atoms with Crippen LogP contribution in [-0.4, -0.2) is 31.0 Å². The van der Waals surface area contributed by atoms with Crippen LogP contribution in [0, 0.1) is 17.1 Å². The van der Waals surface area contributed by atoms with Gasteiger partial charge in [0.2, 0.25) is 5.95 Å². The molecular formula is C20H15BrFN9O. The summed E-state index contributed by atoms with van der Waals surface area (Å²) >= 11 is 3.31. The molecule has 0 aliphatic heterocycles. The lowest BCUT2D eigenvalue weighted by atomic mass is 10.2. The fourth-order valence-electron chi connectivity index (χ4n) is 3.21. The number of halogens is 2. The number of nitrogens with one attached hydrogen (secondary N) is 1. The van der Waals surface area contributed by atoms with Gasteiger partial charge in [0.25, 0.3) is 5.56 Å². The molecule has 0 saturated carbocycles. The quantitative estimate of drug-likeness (QED) is 0.376. The fourth-order valence-corrected chi connectivity index (χ4v) is 3.70. The molecule has 32 heavy (non-hydrogen) atoms. The van der Waals surface area contributed by atoms with Gasteiger partial charge in [0, 0.05) is 23.6 Å². The van der Waals surface area contributed by atoms with Crippen LogP contribution in [0.4, 0.5) is 22.0 Å². The molecule has 0 aliphatic carbocycles. The van der Waals surface area contributed by atoms with Gasteiger partial charge in [-0.3, -0.25) is 14.3 Å². The molecule has 160 valence electrons. The van der Waals surface area contributed by atoms with Crippen molar-refractivity contribution in [3.63, 3.8) is 0 Å². The van der Waals surface area contributed by atoms with Crippen molar-refractivity contribution in [2.24, 2.45) is 0 Å². The first-order chi connectivity index (χ1) is 15.4. The smallest absolute Gasteiger partial charge is 0.267 e. The Hall–Kier alpha value is -4.11. The van der Waals surface area contributed by atoms with E-state index in [2.05, 4.69) is 41.2 Å². The lowest BCUT2D eigenvalue weighted by Crippen LogP contribution is -2.26. The van der Waals surface area contributed by atoms with E-state index < -0.39 is 11.4 Å². The van der Waals surface area contributed by atoms with Crippen molar-refractivity contribution in [3.05, 3.63) is 68.7 Å². The Balaban J connectivity index is 1.78. The third-order valence-corrected chi connectivity index (χ3v) is 5.27. The Morgan fingerprint density at radius 1 is 1.22 bits per heavy atom. The van der Waals surface area contributed by atoms with E-state index in [0.717, 1.165) is 0 Å². The number of pyridine rings is 1. The first-order valence-electron chi connectivity index (χ1n) is 9.27. The molecule has 12 heteroatoms. The number of nitrogens with two attached hydrogens (primary N) is 2. The highest BCUT2D eigenvalue weighted by atomic mass is 79.9. The molecule has 1 aromatic carbocycles. The number of nitrogen functional groups attached to an aromatic ring is 2. The second kappa shape index (κ2) is 8.56. The van der Waals surface area contributed by atoms with Gasteiger partial charge in [-0.1, -0.05) is 0 Å². The normalized spacial score (nSPS) is 10.8. The highest BCUT2D eigenvalue weighted by Gasteiger charge is 2.18. The Bertz CT molecular complexity index is 1430. The molecule has 0 atom stereocenters. The summed E-state index contributed by atoms with van der Waals surface area (Å²) in [6, 6.07) is 8.00. The molecule has 10 nitrogen and oxygen atoms in total. The summed E-state index contributed by atoms with van der Waals surface area (Å²) in [4.78, 5) is 29.6. The number of hydrogen-bond donors (Lipinski definition) is 3. The van der Waals surface area contributed by atoms with Crippen LogP contribution in [0.2, 0.25) is 0 Å². The maximum absolute atomic E-state index is 14.5. The lowest BCUT2D eigenvalue weighted by Gasteiger charge is -2.15. The number of nitriles is 1. The lowest BCUT2D eigenvalue weighted by molar-refractivity contribution is 0.634.